The quantitative estimate of drug-likeness (QED) is 0.745. The zero-order chi connectivity index (χ0) is 10.6. The smallest absolute Gasteiger partial charge is 0.324 e. The third kappa shape index (κ3) is 3.02. The number of carbonyl (C=O) groups is 1. The van der Waals surface area contributed by atoms with Gasteiger partial charge >= 0.3 is 5.97 Å². The summed E-state index contributed by atoms with van der Waals surface area (Å²) in [7, 11) is 0. The number of rotatable bonds is 4. The summed E-state index contributed by atoms with van der Waals surface area (Å²) >= 11 is 0. The zero-order valence-electron chi connectivity index (χ0n) is 7.31. The first-order chi connectivity index (χ1) is 6.59. The molecule has 0 aromatic heterocycles. The van der Waals surface area contributed by atoms with Gasteiger partial charge in [0.15, 0.2) is 0 Å². The minimum Gasteiger partial charge on any atom is -0.491 e. The van der Waals surface area contributed by atoms with Crippen LogP contribution in [0.3, 0.4) is 0 Å². The van der Waals surface area contributed by atoms with E-state index in [1.165, 1.54) is 24.3 Å². The van der Waals surface area contributed by atoms with Gasteiger partial charge in [0.2, 0.25) is 0 Å². The topological polar surface area (TPSA) is 72.5 Å². The number of nitrogens with two attached hydrogens (primary N) is 1. The first-order valence-electron chi connectivity index (χ1n) is 3.96. The number of carboxylic acids is 1. The molecule has 0 fully saturated rings. The Hall–Kier alpha value is -1.62. The van der Waals surface area contributed by atoms with Crippen LogP contribution in [-0.4, -0.2) is 23.7 Å². The third-order valence-corrected chi connectivity index (χ3v) is 1.56. The van der Waals surface area contributed by atoms with Gasteiger partial charge in [-0.25, -0.2) is 4.39 Å². The van der Waals surface area contributed by atoms with Crippen molar-refractivity contribution in [3.05, 3.63) is 30.1 Å². The van der Waals surface area contributed by atoms with Crippen molar-refractivity contribution in [3.8, 4) is 5.75 Å². The Kier molecular flexibility index (Phi) is 3.41. The molecule has 14 heavy (non-hydrogen) atoms. The van der Waals surface area contributed by atoms with E-state index in [2.05, 4.69) is 0 Å². The number of carboxylic acid groups (broad SMARTS) is 1. The van der Waals surface area contributed by atoms with Gasteiger partial charge in [0, 0.05) is 0 Å². The molecule has 76 valence electrons. The number of hydrogen-bond acceptors (Lipinski definition) is 3. The highest BCUT2D eigenvalue weighted by molar-refractivity contribution is 5.73. The number of halogens is 1. The fourth-order valence-corrected chi connectivity index (χ4v) is 0.788. The molecule has 1 aromatic carbocycles. The standard InChI is InChI=1S/C9H10FNO3/c10-6-1-3-7(4-2-6)14-5-8(11)9(12)13/h1-4,8H,5,11H2,(H,12,13). The fourth-order valence-electron chi connectivity index (χ4n) is 0.788. The average molecular weight is 199 g/mol. The Balaban J connectivity index is 2.46. The molecule has 1 aromatic rings. The first-order valence-corrected chi connectivity index (χ1v) is 3.96. The van der Waals surface area contributed by atoms with Crippen LogP contribution in [0.5, 0.6) is 5.75 Å². The molecular weight excluding hydrogens is 189 g/mol. The van der Waals surface area contributed by atoms with Gasteiger partial charge in [-0.15, -0.1) is 0 Å². The Morgan fingerprint density at radius 2 is 2.07 bits per heavy atom. The maximum Gasteiger partial charge on any atom is 0.324 e. The van der Waals surface area contributed by atoms with Gasteiger partial charge in [-0.2, -0.15) is 0 Å². The number of hydrogen-bond donors (Lipinski definition) is 2. The predicted octanol–water partition coefficient (Wildman–Crippen LogP) is 0.616. The summed E-state index contributed by atoms with van der Waals surface area (Å²) in [5.74, 6) is -1.12. The number of benzene rings is 1. The van der Waals surface area contributed by atoms with E-state index in [0.717, 1.165) is 0 Å². The molecule has 0 aliphatic rings. The van der Waals surface area contributed by atoms with E-state index in [9.17, 15) is 9.18 Å². The average Bonchev–Trinajstić information content (AvgIpc) is 2.16. The summed E-state index contributed by atoms with van der Waals surface area (Å²) in [5.41, 5.74) is 5.20. The highest BCUT2D eigenvalue weighted by atomic mass is 19.1. The van der Waals surface area contributed by atoms with Crippen LogP contribution in [0.1, 0.15) is 0 Å². The molecular formula is C9H10FNO3. The Morgan fingerprint density at radius 1 is 1.50 bits per heavy atom. The van der Waals surface area contributed by atoms with Crippen LogP contribution in [0.25, 0.3) is 0 Å². The maximum absolute atomic E-state index is 12.4. The summed E-state index contributed by atoms with van der Waals surface area (Å²) in [6.07, 6.45) is 0. The van der Waals surface area contributed by atoms with Crippen LogP contribution in [0.4, 0.5) is 4.39 Å². The molecule has 3 N–H and O–H groups in total. The van der Waals surface area contributed by atoms with Crippen LogP contribution in [0.2, 0.25) is 0 Å². The van der Waals surface area contributed by atoms with E-state index in [4.69, 9.17) is 15.6 Å². The molecule has 1 rings (SSSR count). The lowest BCUT2D eigenvalue weighted by Crippen LogP contribution is -2.36. The van der Waals surface area contributed by atoms with Gasteiger partial charge in [0.05, 0.1) is 0 Å². The lowest BCUT2D eigenvalue weighted by atomic mass is 10.3. The van der Waals surface area contributed by atoms with E-state index < -0.39 is 12.0 Å². The van der Waals surface area contributed by atoms with Crippen molar-refractivity contribution in [3.63, 3.8) is 0 Å². The van der Waals surface area contributed by atoms with Crippen LogP contribution in [-0.2, 0) is 4.79 Å². The lowest BCUT2D eigenvalue weighted by Gasteiger charge is -2.08. The molecule has 0 spiro atoms. The van der Waals surface area contributed by atoms with Crippen molar-refractivity contribution in [1.82, 2.24) is 0 Å². The molecule has 0 radical (unpaired) electrons. The number of ether oxygens (including phenoxy) is 1. The van der Waals surface area contributed by atoms with Crippen molar-refractivity contribution >= 4 is 5.97 Å². The van der Waals surface area contributed by atoms with E-state index in [1.54, 1.807) is 0 Å². The third-order valence-electron chi connectivity index (χ3n) is 1.56. The summed E-state index contributed by atoms with van der Waals surface area (Å²) < 4.78 is 17.5. The van der Waals surface area contributed by atoms with Crippen LogP contribution >= 0.6 is 0 Å². The second-order valence-corrected chi connectivity index (χ2v) is 2.71. The minimum atomic E-state index is -1.13. The van der Waals surface area contributed by atoms with Crippen LogP contribution in [0, 0.1) is 5.82 Å². The Morgan fingerprint density at radius 3 is 2.57 bits per heavy atom. The molecule has 1 atom stereocenters. The summed E-state index contributed by atoms with van der Waals surface area (Å²) in [6.45, 7) is -0.138. The van der Waals surface area contributed by atoms with Gasteiger partial charge in [0.1, 0.15) is 24.2 Å². The molecule has 0 aliphatic heterocycles. The highest BCUT2D eigenvalue weighted by Gasteiger charge is 2.11. The molecule has 0 saturated heterocycles. The lowest BCUT2D eigenvalue weighted by molar-refractivity contribution is -0.139. The van der Waals surface area contributed by atoms with E-state index in [1.807, 2.05) is 0 Å². The van der Waals surface area contributed by atoms with Crippen LogP contribution < -0.4 is 10.5 Å². The molecule has 0 bridgehead atoms. The zero-order valence-corrected chi connectivity index (χ0v) is 7.31. The van der Waals surface area contributed by atoms with Crippen molar-refractivity contribution in [2.24, 2.45) is 5.73 Å². The number of aliphatic carboxylic acids is 1. The molecule has 0 amide bonds. The molecule has 1 unspecified atom stereocenters. The van der Waals surface area contributed by atoms with E-state index in [-0.39, 0.29) is 12.4 Å². The molecule has 0 saturated carbocycles. The predicted molar refractivity (Wildman–Crippen MR) is 47.5 cm³/mol. The molecule has 0 aliphatic carbocycles. The van der Waals surface area contributed by atoms with E-state index in [0.29, 0.717) is 5.75 Å². The molecule has 0 heterocycles. The van der Waals surface area contributed by atoms with Crippen molar-refractivity contribution < 1.29 is 19.0 Å². The minimum absolute atomic E-state index is 0.138. The fraction of sp³-hybridized carbons (Fsp3) is 0.222. The van der Waals surface area contributed by atoms with E-state index >= 15 is 0 Å². The second-order valence-electron chi connectivity index (χ2n) is 2.71. The summed E-state index contributed by atoms with van der Waals surface area (Å²) in [6, 6.07) is 4.19. The Labute approximate surface area is 80.1 Å². The van der Waals surface area contributed by atoms with Gasteiger partial charge in [-0.05, 0) is 24.3 Å². The van der Waals surface area contributed by atoms with Crippen molar-refractivity contribution in [2.75, 3.05) is 6.61 Å². The largest absolute Gasteiger partial charge is 0.491 e. The Bertz CT molecular complexity index is 312. The maximum atomic E-state index is 12.4. The normalized spacial score (nSPS) is 12.1. The van der Waals surface area contributed by atoms with Gasteiger partial charge < -0.3 is 15.6 Å². The van der Waals surface area contributed by atoms with Gasteiger partial charge in [0.25, 0.3) is 0 Å². The first kappa shape index (κ1) is 10.5. The van der Waals surface area contributed by atoms with Gasteiger partial charge in [-0.1, -0.05) is 0 Å². The highest BCUT2D eigenvalue weighted by Crippen LogP contribution is 2.10. The monoisotopic (exact) mass is 199 g/mol. The molecule has 5 heteroatoms. The summed E-state index contributed by atoms with van der Waals surface area (Å²) in [5, 5.41) is 8.44. The van der Waals surface area contributed by atoms with Crippen molar-refractivity contribution in [2.45, 2.75) is 6.04 Å². The summed E-state index contributed by atoms with van der Waals surface area (Å²) in [4.78, 5) is 10.3. The van der Waals surface area contributed by atoms with Crippen LogP contribution in [0.15, 0.2) is 24.3 Å². The molecule has 4 nitrogen and oxygen atoms in total. The second kappa shape index (κ2) is 4.57. The SMILES string of the molecule is NC(COc1ccc(F)cc1)C(=O)O. The van der Waals surface area contributed by atoms with Crippen molar-refractivity contribution in [1.29, 1.82) is 0 Å². The van der Waals surface area contributed by atoms with Gasteiger partial charge in [-0.3, -0.25) is 4.79 Å².